The predicted molar refractivity (Wildman–Crippen MR) is 56.4 cm³/mol. The molecule has 1 heterocycles. The third kappa shape index (κ3) is 1.69. The van der Waals surface area contributed by atoms with Crippen molar-refractivity contribution in [2.45, 2.75) is 32.3 Å². The Hall–Kier alpha value is -1.51. The topological polar surface area (TPSA) is 46.5 Å². The molecule has 0 amide bonds. The Balaban J connectivity index is 2.45. The lowest BCUT2D eigenvalue weighted by Gasteiger charge is -2.34. The molecule has 1 aliphatic heterocycles. The van der Waals surface area contributed by atoms with Crippen LogP contribution in [0.5, 0.6) is 11.5 Å². The predicted octanol–water partition coefficient (Wildman–Crippen LogP) is 2.53. The molecule has 0 aliphatic carbocycles. The zero-order valence-electron chi connectivity index (χ0n) is 8.91. The second-order valence-corrected chi connectivity index (χ2v) is 4.19. The van der Waals surface area contributed by atoms with E-state index in [-0.39, 0.29) is 11.5 Å². The molecule has 0 radical (unpaired) electrons. The summed E-state index contributed by atoms with van der Waals surface area (Å²) in [5, 5.41) is 9.29. The number of carbonyl (C=O) groups excluding carboxylic acids is 1. The Kier molecular flexibility index (Phi) is 2.18. The van der Waals surface area contributed by atoms with E-state index in [0.29, 0.717) is 17.7 Å². The molecule has 2 rings (SSSR count). The molecule has 0 unspecified atom stereocenters. The van der Waals surface area contributed by atoms with Crippen LogP contribution in [0.25, 0.3) is 0 Å². The van der Waals surface area contributed by atoms with Crippen molar-refractivity contribution in [3.05, 3.63) is 23.8 Å². The lowest BCUT2D eigenvalue weighted by atomic mass is 9.89. The Bertz CT molecular complexity index is 411. The van der Waals surface area contributed by atoms with Crippen LogP contribution >= 0.6 is 0 Å². The van der Waals surface area contributed by atoms with Gasteiger partial charge in [-0.3, -0.25) is 4.79 Å². The van der Waals surface area contributed by atoms with Gasteiger partial charge in [0.15, 0.2) is 5.78 Å². The van der Waals surface area contributed by atoms with Crippen molar-refractivity contribution in [1.29, 1.82) is 0 Å². The molecule has 0 saturated heterocycles. The fraction of sp³-hybridized carbons (Fsp3) is 0.417. The molecule has 15 heavy (non-hydrogen) atoms. The highest BCUT2D eigenvalue weighted by atomic mass is 16.5. The van der Waals surface area contributed by atoms with Gasteiger partial charge in [0.05, 0.1) is 12.0 Å². The van der Waals surface area contributed by atoms with Crippen molar-refractivity contribution in [1.82, 2.24) is 0 Å². The highest BCUT2D eigenvalue weighted by Crippen LogP contribution is 2.36. The van der Waals surface area contributed by atoms with E-state index in [4.69, 9.17) is 4.74 Å². The van der Waals surface area contributed by atoms with Crippen LogP contribution in [0, 0.1) is 0 Å². The van der Waals surface area contributed by atoms with Gasteiger partial charge < -0.3 is 9.84 Å². The van der Waals surface area contributed by atoms with Crippen molar-refractivity contribution in [2.75, 3.05) is 0 Å². The number of hydrogen-bond donors (Lipinski definition) is 1. The smallest absolute Gasteiger partial charge is 0.170 e. The van der Waals surface area contributed by atoms with Gasteiger partial charge >= 0.3 is 0 Å². The van der Waals surface area contributed by atoms with Crippen LogP contribution in [0.4, 0.5) is 0 Å². The number of ketones is 1. The SMILES string of the molecule is CC[C@@]1(C)CC(=O)c2cc(O)ccc2O1. The molecule has 3 nitrogen and oxygen atoms in total. The minimum absolute atomic E-state index is 0.0384. The highest BCUT2D eigenvalue weighted by molar-refractivity contribution is 6.00. The largest absolute Gasteiger partial charge is 0.508 e. The van der Waals surface area contributed by atoms with Crippen molar-refractivity contribution in [3.63, 3.8) is 0 Å². The van der Waals surface area contributed by atoms with Gasteiger partial charge in [-0.15, -0.1) is 0 Å². The first kappa shape index (κ1) is 10.0. The normalized spacial score (nSPS) is 24.5. The standard InChI is InChI=1S/C12H14O3/c1-3-12(2)7-10(14)9-6-8(13)4-5-11(9)15-12/h4-6,13H,3,7H2,1-2H3/t12-/m0/s1. The fourth-order valence-electron chi connectivity index (χ4n) is 1.76. The molecule has 0 aromatic heterocycles. The van der Waals surface area contributed by atoms with E-state index < -0.39 is 5.60 Å². The summed E-state index contributed by atoms with van der Waals surface area (Å²) in [4.78, 5) is 11.8. The number of fused-ring (bicyclic) bond motifs is 1. The molecule has 0 spiro atoms. The van der Waals surface area contributed by atoms with Crippen LogP contribution in [0.3, 0.4) is 0 Å². The van der Waals surface area contributed by atoms with Gasteiger partial charge in [-0.25, -0.2) is 0 Å². The van der Waals surface area contributed by atoms with Gasteiger partial charge in [-0.2, -0.15) is 0 Å². The first-order valence-electron chi connectivity index (χ1n) is 5.09. The number of benzene rings is 1. The average Bonchev–Trinajstić information content (AvgIpc) is 2.20. The van der Waals surface area contributed by atoms with Crippen LogP contribution < -0.4 is 4.74 Å². The molecule has 1 N–H and O–H groups in total. The number of phenols is 1. The molecule has 0 fully saturated rings. The summed E-state index contributed by atoms with van der Waals surface area (Å²) in [5.41, 5.74) is 0.0852. The minimum Gasteiger partial charge on any atom is -0.508 e. The number of Topliss-reactive ketones (excluding diaryl/α,β-unsaturated/α-hetero) is 1. The lowest BCUT2D eigenvalue weighted by Crippen LogP contribution is -2.38. The highest BCUT2D eigenvalue weighted by Gasteiger charge is 2.34. The molecule has 0 bridgehead atoms. The van der Waals surface area contributed by atoms with Gasteiger partial charge in [0, 0.05) is 0 Å². The van der Waals surface area contributed by atoms with Gasteiger partial charge in [0.1, 0.15) is 17.1 Å². The molecule has 0 saturated carbocycles. The minimum atomic E-state index is -0.402. The van der Waals surface area contributed by atoms with Crippen LogP contribution in [0.15, 0.2) is 18.2 Å². The second kappa shape index (κ2) is 3.26. The molecular weight excluding hydrogens is 192 g/mol. The monoisotopic (exact) mass is 206 g/mol. The molecule has 3 heteroatoms. The number of hydrogen-bond acceptors (Lipinski definition) is 3. The number of carbonyl (C=O) groups is 1. The number of ether oxygens (including phenoxy) is 1. The average molecular weight is 206 g/mol. The number of aromatic hydroxyl groups is 1. The van der Waals surface area contributed by atoms with E-state index in [1.165, 1.54) is 12.1 Å². The summed E-state index contributed by atoms with van der Waals surface area (Å²) in [7, 11) is 0. The first-order chi connectivity index (χ1) is 7.04. The van der Waals surface area contributed by atoms with Crippen molar-refractivity contribution >= 4 is 5.78 Å². The van der Waals surface area contributed by atoms with E-state index in [0.717, 1.165) is 6.42 Å². The second-order valence-electron chi connectivity index (χ2n) is 4.19. The van der Waals surface area contributed by atoms with Crippen molar-refractivity contribution in [2.24, 2.45) is 0 Å². The van der Waals surface area contributed by atoms with Gasteiger partial charge in [-0.1, -0.05) is 6.92 Å². The summed E-state index contributed by atoms with van der Waals surface area (Å²) in [6.07, 6.45) is 1.17. The van der Waals surface area contributed by atoms with E-state index >= 15 is 0 Å². The van der Waals surface area contributed by atoms with E-state index in [9.17, 15) is 9.90 Å². The van der Waals surface area contributed by atoms with Crippen LogP contribution in [-0.4, -0.2) is 16.5 Å². The zero-order valence-corrected chi connectivity index (χ0v) is 8.91. The molecule has 1 aromatic rings. The number of rotatable bonds is 1. The van der Waals surface area contributed by atoms with Gasteiger partial charge in [-0.05, 0) is 31.5 Å². The van der Waals surface area contributed by atoms with Gasteiger partial charge in [0.2, 0.25) is 0 Å². The molecular formula is C12H14O3. The maximum atomic E-state index is 11.8. The summed E-state index contributed by atoms with van der Waals surface area (Å²) >= 11 is 0. The zero-order chi connectivity index (χ0) is 11.1. The summed E-state index contributed by atoms with van der Waals surface area (Å²) in [6.45, 7) is 3.93. The molecule has 1 aromatic carbocycles. The quantitative estimate of drug-likeness (QED) is 0.768. The van der Waals surface area contributed by atoms with Crippen LogP contribution in [0.1, 0.15) is 37.0 Å². The Morgan fingerprint density at radius 1 is 1.53 bits per heavy atom. The van der Waals surface area contributed by atoms with E-state index in [1.807, 2.05) is 13.8 Å². The van der Waals surface area contributed by atoms with Crippen molar-refractivity contribution in [3.8, 4) is 11.5 Å². The van der Waals surface area contributed by atoms with Crippen molar-refractivity contribution < 1.29 is 14.6 Å². The Morgan fingerprint density at radius 3 is 2.93 bits per heavy atom. The van der Waals surface area contributed by atoms with Crippen LogP contribution in [0.2, 0.25) is 0 Å². The maximum Gasteiger partial charge on any atom is 0.170 e. The first-order valence-corrected chi connectivity index (χ1v) is 5.09. The van der Waals surface area contributed by atoms with E-state index in [1.54, 1.807) is 6.07 Å². The fourth-order valence-corrected chi connectivity index (χ4v) is 1.76. The van der Waals surface area contributed by atoms with Gasteiger partial charge in [0.25, 0.3) is 0 Å². The third-order valence-corrected chi connectivity index (χ3v) is 2.90. The number of phenolic OH excluding ortho intramolecular Hbond substituents is 1. The third-order valence-electron chi connectivity index (χ3n) is 2.90. The summed E-state index contributed by atoms with van der Waals surface area (Å²) < 4.78 is 5.76. The Labute approximate surface area is 88.7 Å². The summed E-state index contributed by atoms with van der Waals surface area (Å²) in [5.74, 6) is 0.718. The maximum absolute atomic E-state index is 11.8. The summed E-state index contributed by atoms with van der Waals surface area (Å²) in [6, 6.07) is 4.65. The molecule has 1 atom stereocenters. The van der Waals surface area contributed by atoms with E-state index in [2.05, 4.69) is 0 Å². The Morgan fingerprint density at radius 2 is 2.27 bits per heavy atom. The molecule has 80 valence electrons. The lowest BCUT2D eigenvalue weighted by molar-refractivity contribution is 0.0498. The molecule has 1 aliphatic rings. The van der Waals surface area contributed by atoms with Crippen LogP contribution in [-0.2, 0) is 0 Å².